The molecule has 1 fully saturated rings. The molecule has 0 saturated carbocycles. The maximum absolute atomic E-state index is 13.1. The quantitative estimate of drug-likeness (QED) is 0.461. The molecule has 0 radical (unpaired) electrons. The van der Waals surface area contributed by atoms with E-state index in [2.05, 4.69) is 11.0 Å². The number of amides is 1. The van der Waals surface area contributed by atoms with Gasteiger partial charge in [-0.15, -0.1) is 11.0 Å². The fourth-order valence-corrected chi connectivity index (χ4v) is 4.91. The Morgan fingerprint density at radius 3 is 2.42 bits per heavy atom. The molecule has 1 aliphatic heterocycles. The highest BCUT2D eigenvalue weighted by atomic mass is 32.2. The number of hydrogen-bond acceptors (Lipinski definition) is 6. The average molecular weight is 463 g/mol. The van der Waals surface area contributed by atoms with Crippen LogP contribution in [0.25, 0.3) is 6.08 Å². The van der Waals surface area contributed by atoms with Crippen LogP contribution in [0.4, 0.5) is 4.39 Å². The normalized spacial score (nSPS) is 16.7. The second-order valence-electron chi connectivity index (χ2n) is 6.23. The number of thioether (sulfide) groups is 1. The van der Waals surface area contributed by atoms with Crippen LogP contribution in [-0.4, -0.2) is 45.2 Å². The van der Waals surface area contributed by atoms with Gasteiger partial charge in [0.1, 0.15) is 5.82 Å². The van der Waals surface area contributed by atoms with Crippen LogP contribution >= 0.6 is 11.8 Å². The maximum Gasteiger partial charge on any atom is 0.284 e. The van der Waals surface area contributed by atoms with E-state index in [4.69, 9.17) is 9.47 Å². The van der Waals surface area contributed by atoms with E-state index in [0.29, 0.717) is 17.1 Å². The number of methoxy groups -OCH3 is 2. The van der Waals surface area contributed by atoms with Gasteiger partial charge in [0.25, 0.3) is 15.9 Å². The fourth-order valence-electron chi connectivity index (χ4n) is 2.72. The molecule has 0 unspecified atom stereocenters. The van der Waals surface area contributed by atoms with Crippen LogP contribution in [-0.2, 0) is 14.8 Å². The molecule has 162 valence electrons. The number of benzene rings is 2. The number of halogens is 1. The molecule has 10 heteroatoms. The van der Waals surface area contributed by atoms with E-state index in [9.17, 15) is 17.6 Å². The van der Waals surface area contributed by atoms with Crippen LogP contribution in [0, 0.1) is 5.82 Å². The van der Waals surface area contributed by atoms with E-state index in [1.807, 2.05) is 0 Å². The van der Waals surface area contributed by atoms with Gasteiger partial charge in [-0.2, -0.15) is 8.42 Å². The predicted molar refractivity (Wildman–Crippen MR) is 118 cm³/mol. The zero-order valence-corrected chi connectivity index (χ0v) is 18.4. The lowest BCUT2D eigenvalue weighted by Crippen LogP contribution is -2.29. The molecular weight excluding hydrogens is 443 g/mol. The van der Waals surface area contributed by atoms with Crippen molar-refractivity contribution >= 4 is 38.9 Å². The summed E-state index contributed by atoms with van der Waals surface area (Å²) < 4.78 is 52.7. The van der Waals surface area contributed by atoms with Crippen molar-refractivity contribution in [1.82, 2.24) is 4.90 Å². The van der Waals surface area contributed by atoms with Crippen molar-refractivity contribution in [3.8, 4) is 11.5 Å². The molecule has 1 amide bonds. The Kier molecular flexibility index (Phi) is 6.81. The summed E-state index contributed by atoms with van der Waals surface area (Å²) in [5, 5.41) is -0.0130. The van der Waals surface area contributed by atoms with Crippen LogP contribution in [0.5, 0.6) is 11.5 Å². The van der Waals surface area contributed by atoms with Crippen molar-refractivity contribution in [3.63, 3.8) is 0 Å². The van der Waals surface area contributed by atoms with Gasteiger partial charge in [0.05, 0.1) is 24.0 Å². The molecule has 1 heterocycles. The topological polar surface area (TPSA) is 85.3 Å². The van der Waals surface area contributed by atoms with Gasteiger partial charge >= 0.3 is 0 Å². The predicted octanol–water partition coefficient (Wildman–Crippen LogP) is 3.69. The zero-order valence-electron chi connectivity index (χ0n) is 16.7. The van der Waals surface area contributed by atoms with Crippen molar-refractivity contribution in [2.45, 2.75) is 4.90 Å². The summed E-state index contributed by atoms with van der Waals surface area (Å²) in [7, 11) is -1.12. The van der Waals surface area contributed by atoms with Gasteiger partial charge in [0.2, 0.25) is 0 Å². The molecule has 2 aromatic carbocycles. The van der Waals surface area contributed by atoms with E-state index < -0.39 is 21.7 Å². The van der Waals surface area contributed by atoms with E-state index >= 15 is 0 Å². The summed E-state index contributed by atoms with van der Waals surface area (Å²) in [5.41, 5.74) is 0.662. The van der Waals surface area contributed by atoms with E-state index in [1.54, 1.807) is 24.3 Å². The molecular formula is C21H19FN2O5S2. The molecule has 1 saturated heterocycles. The third-order valence-corrected chi connectivity index (χ3v) is 6.62. The highest BCUT2D eigenvalue weighted by Gasteiger charge is 2.34. The summed E-state index contributed by atoms with van der Waals surface area (Å²) in [6.45, 7) is 3.69. The van der Waals surface area contributed by atoms with Gasteiger partial charge in [-0.05, 0) is 59.8 Å². The van der Waals surface area contributed by atoms with E-state index in [-0.39, 0.29) is 21.5 Å². The highest BCUT2D eigenvalue weighted by molar-refractivity contribution is 8.19. The number of amidine groups is 1. The first-order valence-electron chi connectivity index (χ1n) is 8.94. The Bertz CT molecular complexity index is 1170. The van der Waals surface area contributed by atoms with E-state index in [0.717, 1.165) is 36.0 Å². The smallest absolute Gasteiger partial charge is 0.284 e. The second kappa shape index (κ2) is 9.36. The second-order valence-corrected chi connectivity index (χ2v) is 8.85. The Morgan fingerprint density at radius 2 is 1.81 bits per heavy atom. The number of rotatable bonds is 7. The maximum atomic E-state index is 13.1. The van der Waals surface area contributed by atoms with Crippen LogP contribution in [0.15, 0.2) is 69.3 Å². The third-order valence-electron chi connectivity index (χ3n) is 4.21. The first-order chi connectivity index (χ1) is 14.8. The number of hydrogen-bond donors (Lipinski definition) is 0. The minimum Gasteiger partial charge on any atom is -0.493 e. The summed E-state index contributed by atoms with van der Waals surface area (Å²) in [6.07, 6.45) is 3.08. The number of carbonyl (C=O) groups excluding carboxylic acids is 1. The fraction of sp³-hybridized carbons (Fsp3) is 0.143. The number of sulfonamides is 1. The standard InChI is InChI=1S/C21H19FN2O5S2/c1-4-11-24-20(25)19(13-14-5-10-17(28-2)18(12-14)29-3)30-21(24)23-31(26,27)16-8-6-15(22)7-9-16/h4-10,12-13H,1,11H2,2-3H3/b19-13+,23-21-. The van der Waals surface area contributed by atoms with Crippen LogP contribution < -0.4 is 9.47 Å². The summed E-state index contributed by atoms with van der Waals surface area (Å²) >= 11 is 0.924. The molecule has 0 spiro atoms. The van der Waals surface area contributed by atoms with Crippen LogP contribution in [0.1, 0.15) is 5.56 Å². The van der Waals surface area contributed by atoms with Crippen molar-refractivity contribution < 1.29 is 27.1 Å². The molecule has 0 bridgehead atoms. The van der Waals surface area contributed by atoms with Crippen LogP contribution in [0.3, 0.4) is 0 Å². The van der Waals surface area contributed by atoms with Crippen molar-refractivity contribution in [1.29, 1.82) is 0 Å². The highest BCUT2D eigenvalue weighted by Crippen LogP contribution is 2.35. The number of carbonyl (C=O) groups is 1. The van der Waals surface area contributed by atoms with Gasteiger partial charge in [-0.25, -0.2) is 4.39 Å². The SMILES string of the molecule is C=CCN1C(=O)/C(=C\c2ccc(OC)c(OC)c2)S/C1=N\S(=O)(=O)c1ccc(F)cc1. The lowest BCUT2D eigenvalue weighted by molar-refractivity contribution is -0.121. The van der Waals surface area contributed by atoms with Crippen molar-refractivity contribution in [2.24, 2.45) is 4.40 Å². The molecule has 0 aliphatic carbocycles. The molecule has 1 aliphatic rings. The molecule has 3 rings (SSSR count). The van der Waals surface area contributed by atoms with Crippen molar-refractivity contribution in [3.05, 3.63) is 71.4 Å². The monoisotopic (exact) mass is 462 g/mol. The third kappa shape index (κ3) is 4.97. The lowest BCUT2D eigenvalue weighted by atomic mass is 10.2. The minimum absolute atomic E-state index is 0.0130. The summed E-state index contributed by atoms with van der Waals surface area (Å²) in [6, 6.07) is 9.44. The Hall–Kier alpha value is -3.11. The molecule has 0 atom stereocenters. The van der Waals surface area contributed by atoms with Gasteiger partial charge in [0, 0.05) is 6.54 Å². The van der Waals surface area contributed by atoms with Gasteiger partial charge in [-0.1, -0.05) is 12.1 Å². The lowest BCUT2D eigenvalue weighted by Gasteiger charge is -2.12. The number of ether oxygens (including phenoxy) is 2. The molecule has 31 heavy (non-hydrogen) atoms. The van der Waals surface area contributed by atoms with Gasteiger partial charge in [-0.3, -0.25) is 9.69 Å². The van der Waals surface area contributed by atoms with Gasteiger partial charge in [0.15, 0.2) is 16.7 Å². The Labute approximate surface area is 183 Å². The summed E-state index contributed by atoms with van der Waals surface area (Å²) in [5.74, 6) is 0.0530. The zero-order chi connectivity index (χ0) is 22.6. The minimum atomic E-state index is -4.14. The average Bonchev–Trinajstić information content (AvgIpc) is 3.02. The number of nitrogens with zero attached hydrogens (tertiary/aromatic N) is 2. The molecule has 0 aromatic heterocycles. The largest absolute Gasteiger partial charge is 0.493 e. The molecule has 0 N–H and O–H groups in total. The van der Waals surface area contributed by atoms with Gasteiger partial charge < -0.3 is 9.47 Å². The first-order valence-corrected chi connectivity index (χ1v) is 11.2. The summed E-state index contributed by atoms with van der Waals surface area (Å²) in [4.78, 5) is 14.2. The van der Waals surface area contributed by atoms with E-state index in [1.165, 1.54) is 25.2 Å². The Balaban J connectivity index is 1.99. The van der Waals surface area contributed by atoms with Crippen LogP contribution in [0.2, 0.25) is 0 Å². The first kappa shape index (κ1) is 22.6. The van der Waals surface area contributed by atoms with Crippen molar-refractivity contribution in [2.75, 3.05) is 20.8 Å². The molecule has 7 nitrogen and oxygen atoms in total. The Morgan fingerprint density at radius 1 is 1.13 bits per heavy atom. The molecule has 2 aromatic rings.